The quantitative estimate of drug-likeness (QED) is 0.773. The summed E-state index contributed by atoms with van der Waals surface area (Å²) in [6, 6.07) is 8.65. The van der Waals surface area contributed by atoms with Gasteiger partial charge in [-0.3, -0.25) is 0 Å². The Balaban J connectivity index is 1.98. The number of nitrogens with zero attached hydrogens (tertiary/aromatic N) is 2. The molecule has 0 bridgehead atoms. The summed E-state index contributed by atoms with van der Waals surface area (Å²) in [7, 11) is 0. The predicted molar refractivity (Wildman–Crippen MR) is 79.5 cm³/mol. The van der Waals surface area contributed by atoms with Crippen molar-refractivity contribution in [1.29, 1.82) is 0 Å². The summed E-state index contributed by atoms with van der Waals surface area (Å²) < 4.78 is 8.04. The zero-order valence-corrected chi connectivity index (χ0v) is 11.8. The molecule has 2 heterocycles. The summed E-state index contributed by atoms with van der Waals surface area (Å²) >= 11 is 0. The molecular formula is C16H19N3O. The van der Waals surface area contributed by atoms with E-state index in [9.17, 15) is 0 Å². The number of hydrogen-bond donors (Lipinski definition) is 1. The summed E-state index contributed by atoms with van der Waals surface area (Å²) in [5.74, 6) is 0.998. The van der Waals surface area contributed by atoms with Crippen molar-refractivity contribution in [3.05, 3.63) is 54.3 Å². The molecule has 3 rings (SSSR count). The van der Waals surface area contributed by atoms with Crippen molar-refractivity contribution in [2.24, 2.45) is 0 Å². The largest absolute Gasteiger partial charge is 0.459 e. The highest BCUT2D eigenvalue weighted by Gasteiger charge is 2.14. The number of para-hydroxylation sites is 1. The molecule has 4 nitrogen and oxygen atoms in total. The van der Waals surface area contributed by atoms with Crippen molar-refractivity contribution < 1.29 is 4.42 Å². The van der Waals surface area contributed by atoms with Crippen LogP contribution in [0.4, 0.5) is 0 Å². The summed E-state index contributed by atoms with van der Waals surface area (Å²) in [5, 5.41) is 4.67. The van der Waals surface area contributed by atoms with Gasteiger partial charge in [0.1, 0.15) is 11.3 Å². The van der Waals surface area contributed by atoms with Crippen LogP contribution in [0.5, 0.6) is 0 Å². The van der Waals surface area contributed by atoms with Crippen molar-refractivity contribution >= 4 is 11.0 Å². The normalized spacial score (nSPS) is 11.6. The van der Waals surface area contributed by atoms with Crippen molar-refractivity contribution in [1.82, 2.24) is 14.9 Å². The SMILES string of the molecule is CC(C)NCc1c(Cn2ccnc2)oc2ccccc12. The zero-order valence-electron chi connectivity index (χ0n) is 11.8. The smallest absolute Gasteiger partial charge is 0.134 e. The Morgan fingerprint density at radius 3 is 2.90 bits per heavy atom. The third-order valence-electron chi connectivity index (χ3n) is 3.35. The lowest BCUT2D eigenvalue weighted by molar-refractivity contribution is 0.510. The maximum Gasteiger partial charge on any atom is 0.134 e. The molecule has 2 aromatic heterocycles. The molecule has 0 aliphatic heterocycles. The van der Waals surface area contributed by atoms with E-state index < -0.39 is 0 Å². The first kappa shape index (κ1) is 12.9. The summed E-state index contributed by atoms with van der Waals surface area (Å²) in [6.45, 7) is 5.83. The topological polar surface area (TPSA) is 43.0 Å². The molecule has 20 heavy (non-hydrogen) atoms. The molecule has 0 atom stereocenters. The molecule has 0 amide bonds. The molecular weight excluding hydrogens is 250 g/mol. The van der Waals surface area contributed by atoms with E-state index in [1.54, 1.807) is 6.20 Å². The van der Waals surface area contributed by atoms with Crippen LogP contribution >= 0.6 is 0 Å². The van der Waals surface area contributed by atoms with E-state index in [0.717, 1.165) is 17.9 Å². The molecule has 3 aromatic rings. The maximum atomic E-state index is 6.02. The molecule has 0 saturated heterocycles. The first-order valence-electron chi connectivity index (χ1n) is 6.92. The Bertz CT molecular complexity index is 683. The van der Waals surface area contributed by atoms with Gasteiger partial charge in [0.15, 0.2) is 0 Å². The summed E-state index contributed by atoms with van der Waals surface area (Å²) in [6.07, 6.45) is 5.55. The fourth-order valence-electron chi connectivity index (χ4n) is 2.32. The van der Waals surface area contributed by atoms with Gasteiger partial charge in [-0.15, -0.1) is 0 Å². The number of rotatable bonds is 5. The summed E-state index contributed by atoms with van der Waals surface area (Å²) in [5.41, 5.74) is 2.19. The first-order valence-corrected chi connectivity index (χ1v) is 6.92. The van der Waals surface area contributed by atoms with Crippen molar-refractivity contribution in [2.45, 2.75) is 33.0 Å². The second-order valence-corrected chi connectivity index (χ2v) is 5.27. The van der Waals surface area contributed by atoms with Crippen LogP contribution in [0.3, 0.4) is 0 Å². The fourth-order valence-corrected chi connectivity index (χ4v) is 2.32. The molecule has 4 heteroatoms. The average molecular weight is 269 g/mol. The molecule has 0 saturated carbocycles. The number of furan rings is 1. The molecule has 1 aromatic carbocycles. The Labute approximate surface area is 118 Å². The fraction of sp³-hybridized carbons (Fsp3) is 0.312. The molecule has 0 radical (unpaired) electrons. The van der Waals surface area contributed by atoms with Crippen LogP contribution in [0.25, 0.3) is 11.0 Å². The third kappa shape index (κ3) is 2.60. The Hall–Kier alpha value is -2.07. The van der Waals surface area contributed by atoms with E-state index in [4.69, 9.17) is 4.42 Å². The molecule has 1 N–H and O–H groups in total. The maximum absolute atomic E-state index is 6.02. The van der Waals surface area contributed by atoms with Gasteiger partial charge in [-0.1, -0.05) is 32.0 Å². The highest BCUT2D eigenvalue weighted by atomic mass is 16.3. The lowest BCUT2D eigenvalue weighted by Gasteiger charge is -2.09. The van der Waals surface area contributed by atoms with Crippen LogP contribution in [0.2, 0.25) is 0 Å². The standard InChI is InChI=1S/C16H19N3O/c1-12(2)18-9-14-13-5-3-4-6-15(13)20-16(14)10-19-8-7-17-11-19/h3-8,11-12,18H,9-10H2,1-2H3. The van der Waals surface area contributed by atoms with E-state index in [-0.39, 0.29) is 0 Å². The van der Waals surface area contributed by atoms with Crippen LogP contribution in [0.1, 0.15) is 25.2 Å². The van der Waals surface area contributed by atoms with Gasteiger partial charge in [-0.25, -0.2) is 4.98 Å². The van der Waals surface area contributed by atoms with Gasteiger partial charge in [0.05, 0.1) is 12.9 Å². The van der Waals surface area contributed by atoms with Crippen molar-refractivity contribution in [2.75, 3.05) is 0 Å². The van der Waals surface area contributed by atoms with Crippen LogP contribution in [-0.2, 0) is 13.1 Å². The molecule has 0 spiro atoms. The number of imidazole rings is 1. The Kier molecular flexibility index (Phi) is 3.56. The number of benzene rings is 1. The molecule has 0 aliphatic rings. The van der Waals surface area contributed by atoms with Gasteiger partial charge in [-0.2, -0.15) is 0 Å². The van der Waals surface area contributed by atoms with Crippen molar-refractivity contribution in [3.8, 4) is 0 Å². The van der Waals surface area contributed by atoms with Crippen molar-refractivity contribution in [3.63, 3.8) is 0 Å². The lowest BCUT2D eigenvalue weighted by Crippen LogP contribution is -2.22. The van der Waals surface area contributed by atoms with Gasteiger partial charge < -0.3 is 14.3 Å². The van der Waals surface area contributed by atoms with Gasteiger partial charge in [0.25, 0.3) is 0 Å². The van der Waals surface area contributed by atoms with Gasteiger partial charge in [-0.05, 0) is 6.07 Å². The third-order valence-corrected chi connectivity index (χ3v) is 3.35. The monoisotopic (exact) mass is 269 g/mol. The van der Waals surface area contributed by atoms with E-state index in [1.165, 1.54) is 10.9 Å². The van der Waals surface area contributed by atoms with E-state index >= 15 is 0 Å². The van der Waals surface area contributed by atoms with Crippen LogP contribution in [0, 0.1) is 0 Å². The molecule has 0 fully saturated rings. The van der Waals surface area contributed by atoms with Crippen LogP contribution < -0.4 is 5.32 Å². The zero-order chi connectivity index (χ0) is 13.9. The van der Waals surface area contributed by atoms with E-state index in [2.05, 4.69) is 36.3 Å². The van der Waals surface area contributed by atoms with E-state index in [1.807, 2.05) is 29.2 Å². The molecule has 0 unspecified atom stereocenters. The summed E-state index contributed by atoms with van der Waals surface area (Å²) in [4.78, 5) is 4.08. The van der Waals surface area contributed by atoms with Gasteiger partial charge in [0.2, 0.25) is 0 Å². The average Bonchev–Trinajstić information content (AvgIpc) is 3.04. The Morgan fingerprint density at radius 1 is 1.30 bits per heavy atom. The van der Waals surface area contributed by atoms with Gasteiger partial charge >= 0.3 is 0 Å². The first-order chi connectivity index (χ1) is 9.74. The van der Waals surface area contributed by atoms with E-state index in [0.29, 0.717) is 12.6 Å². The second kappa shape index (κ2) is 5.51. The minimum absolute atomic E-state index is 0.449. The number of hydrogen-bond acceptors (Lipinski definition) is 3. The highest BCUT2D eigenvalue weighted by Crippen LogP contribution is 2.26. The predicted octanol–water partition coefficient (Wildman–Crippen LogP) is 3.18. The minimum atomic E-state index is 0.449. The second-order valence-electron chi connectivity index (χ2n) is 5.27. The van der Waals surface area contributed by atoms with Crippen LogP contribution in [-0.4, -0.2) is 15.6 Å². The molecule has 104 valence electrons. The highest BCUT2D eigenvalue weighted by molar-refractivity contribution is 5.82. The number of fused-ring (bicyclic) bond motifs is 1. The minimum Gasteiger partial charge on any atom is -0.459 e. The Morgan fingerprint density at radius 2 is 2.15 bits per heavy atom. The van der Waals surface area contributed by atoms with Crippen LogP contribution in [0.15, 0.2) is 47.4 Å². The van der Waals surface area contributed by atoms with Gasteiger partial charge in [0, 0.05) is 35.9 Å². The lowest BCUT2D eigenvalue weighted by atomic mass is 10.1. The number of aromatic nitrogens is 2. The molecule has 0 aliphatic carbocycles. The number of nitrogens with one attached hydrogen (secondary N) is 1.